The van der Waals surface area contributed by atoms with Gasteiger partial charge in [-0.3, -0.25) is 0 Å². The van der Waals surface area contributed by atoms with E-state index in [-0.39, 0.29) is 0 Å². The monoisotopic (exact) mass is 234 g/mol. The second-order valence-electron chi connectivity index (χ2n) is 5.25. The van der Waals surface area contributed by atoms with Gasteiger partial charge >= 0.3 is 0 Å². The van der Waals surface area contributed by atoms with E-state index in [1.165, 1.54) is 25.1 Å². The molecule has 1 saturated heterocycles. The third-order valence-electron chi connectivity index (χ3n) is 3.39. The number of nitrogens with zero attached hydrogens (tertiary/aromatic N) is 2. The Morgan fingerprint density at radius 1 is 1.47 bits per heavy atom. The van der Waals surface area contributed by atoms with Gasteiger partial charge in [0.15, 0.2) is 0 Å². The van der Waals surface area contributed by atoms with Crippen molar-refractivity contribution in [2.75, 3.05) is 27.2 Å². The van der Waals surface area contributed by atoms with Gasteiger partial charge < -0.3 is 9.80 Å². The maximum Gasteiger partial charge on any atom is 0.0420 e. The lowest BCUT2D eigenvalue weighted by Crippen LogP contribution is -2.30. The molecule has 96 valence electrons. The third kappa shape index (κ3) is 4.39. The fourth-order valence-corrected chi connectivity index (χ4v) is 2.15. The maximum absolute atomic E-state index is 3.72. The highest BCUT2D eigenvalue weighted by Crippen LogP contribution is 2.17. The minimum Gasteiger partial charge on any atom is -0.376 e. The molecule has 0 aromatic rings. The predicted octanol–water partition coefficient (Wildman–Crippen LogP) is 2.90. The lowest BCUT2D eigenvalue weighted by Gasteiger charge is -2.24. The third-order valence-corrected chi connectivity index (χ3v) is 3.39. The molecule has 1 rings (SSSR count). The van der Waals surface area contributed by atoms with Crippen LogP contribution in [-0.2, 0) is 0 Å². The molecule has 2 heteroatoms. The van der Waals surface area contributed by atoms with Crippen LogP contribution >= 0.6 is 0 Å². The van der Waals surface area contributed by atoms with Gasteiger partial charge in [-0.15, -0.1) is 0 Å². The van der Waals surface area contributed by atoms with E-state index in [0.717, 1.165) is 0 Å². The molecule has 0 aromatic carbocycles. The van der Waals surface area contributed by atoms with Gasteiger partial charge in [0.05, 0.1) is 0 Å². The molecule has 0 N–H and O–H groups in total. The lowest BCUT2D eigenvalue weighted by molar-refractivity contribution is 0.314. The van der Waals surface area contributed by atoms with Crippen LogP contribution in [0.2, 0.25) is 0 Å². The van der Waals surface area contributed by atoms with E-state index in [0.29, 0.717) is 12.0 Å². The Morgan fingerprint density at radius 3 is 2.65 bits per heavy atom. The molecule has 1 aliphatic rings. The average molecular weight is 234 g/mol. The van der Waals surface area contributed by atoms with Gasteiger partial charge in [0.2, 0.25) is 0 Å². The first-order chi connectivity index (χ1) is 8.04. The van der Waals surface area contributed by atoms with Crippen LogP contribution in [0.5, 0.6) is 0 Å². The fraction of sp³-hybridized carbons (Fsp3) is 0.600. The van der Waals surface area contributed by atoms with Crippen molar-refractivity contribution in [3.8, 4) is 0 Å². The van der Waals surface area contributed by atoms with Crippen LogP contribution in [0.4, 0.5) is 0 Å². The molecular formula is C15H26N2. The molecular weight excluding hydrogens is 208 g/mol. The molecule has 2 nitrogen and oxygen atoms in total. The van der Waals surface area contributed by atoms with Crippen molar-refractivity contribution in [2.45, 2.75) is 26.3 Å². The summed E-state index contributed by atoms with van der Waals surface area (Å²) < 4.78 is 0. The first-order valence-electron chi connectivity index (χ1n) is 6.46. The summed E-state index contributed by atoms with van der Waals surface area (Å²) in [6, 6.07) is 0.658. The lowest BCUT2D eigenvalue weighted by atomic mass is 10.0. The van der Waals surface area contributed by atoms with Crippen LogP contribution in [0.1, 0.15) is 20.3 Å². The Balaban J connectivity index is 2.68. The van der Waals surface area contributed by atoms with Crippen LogP contribution in [-0.4, -0.2) is 43.0 Å². The van der Waals surface area contributed by atoms with Crippen molar-refractivity contribution in [3.63, 3.8) is 0 Å². The fourth-order valence-electron chi connectivity index (χ4n) is 2.15. The molecule has 0 spiro atoms. The quantitative estimate of drug-likeness (QED) is 0.675. The smallest absolute Gasteiger partial charge is 0.0420 e. The zero-order valence-electron chi connectivity index (χ0n) is 11.7. The second-order valence-corrected chi connectivity index (χ2v) is 5.25. The summed E-state index contributed by atoms with van der Waals surface area (Å²) in [6.07, 6.45) is 9.56. The zero-order valence-corrected chi connectivity index (χ0v) is 11.7. The van der Waals surface area contributed by atoms with E-state index in [1.807, 2.05) is 12.2 Å². The van der Waals surface area contributed by atoms with Gasteiger partial charge in [-0.1, -0.05) is 38.7 Å². The van der Waals surface area contributed by atoms with E-state index in [2.05, 4.69) is 56.6 Å². The molecule has 0 aromatic heterocycles. The highest BCUT2D eigenvalue weighted by Gasteiger charge is 2.21. The highest BCUT2D eigenvalue weighted by molar-refractivity contribution is 5.23. The largest absolute Gasteiger partial charge is 0.376 e. The summed E-state index contributed by atoms with van der Waals surface area (Å²) >= 11 is 0. The summed E-state index contributed by atoms with van der Waals surface area (Å²) in [5.41, 5.74) is 1.36. The van der Waals surface area contributed by atoms with Gasteiger partial charge in [0.1, 0.15) is 0 Å². The van der Waals surface area contributed by atoms with Gasteiger partial charge in [-0.25, -0.2) is 0 Å². The number of rotatable bonds is 5. The number of likely N-dealkylation sites (N-methyl/N-ethyl adjacent to an activating group) is 2. The van der Waals surface area contributed by atoms with E-state index in [1.54, 1.807) is 0 Å². The zero-order chi connectivity index (χ0) is 12.8. The van der Waals surface area contributed by atoms with Crippen LogP contribution < -0.4 is 0 Å². The van der Waals surface area contributed by atoms with Crippen molar-refractivity contribution in [1.82, 2.24) is 9.80 Å². The molecule has 0 aliphatic carbocycles. The van der Waals surface area contributed by atoms with E-state index in [9.17, 15) is 0 Å². The van der Waals surface area contributed by atoms with E-state index >= 15 is 0 Å². The second kappa shape index (κ2) is 6.65. The molecule has 1 atom stereocenters. The maximum atomic E-state index is 3.72. The van der Waals surface area contributed by atoms with Crippen molar-refractivity contribution in [1.29, 1.82) is 0 Å². The summed E-state index contributed by atoms with van der Waals surface area (Å²) in [5.74, 6) is 0.549. The molecule has 0 bridgehead atoms. The SMILES string of the molecule is C=C/C=C\C(=C/N(C)C1CCN(C)C1)C(C)C. The Bertz CT molecular complexity index is 302. The molecule has 0 radical (unpaired) electrons. The molecule has 0 saturated carbocycles. The molecule has 1 unspecified atom stereocenters. The summed E-state index contributed by atoms with van der Waals surface area (Å²) in [4.78, 5) is 4.76. The van der Waals surface area contributed by atoms with Gasteiger partial charge in [-0.05, 0) is 31.5 Å². The molecule has 1 heterocycles. The summed E-state index contributed by atoms with van der Waals surface area (Å²) in [5, 5.41) is 0. The normalized spacial score (nSPS) is 22.6. The van der Waals surface area contributed by atoms with Crippen molar-refractivity contribution in [3.05, 3.63) is 36.6 Å². The topological polar surface area (TPSA) is 6.48 Å². The van der Waals surface area contributed by atoms with Gasteiger partial charge in [-0.2, -0.15) is 0 Å². The number of hydrogen-bond donors (Lipinski definition) is 0. The molecule has 1 aliphatic heterocycles. The summed E-state index contributed by atoms with van der Waals surface area (Å²) in [7, 11) is 4.38. The molecule has 0 amide bonds. The number of hydrogen-bond acceptors (Lipinski definition) is 2. The van der Waals surface area contributed by atoms with Crippen molar-refractivity contribution >= 4 is 0 Å². The van der Waals surface area contributed by atoms with Crippen LogP contribution in [0.25, 0.3) is 0 Å². The first kappa shape index (κ1) is 14.0. The minimum absolute atomic E-state index is 0.549. The molecule has 17 heavy (non-hydrogen) atoms. The van der Waals surface area contributed by atoms with Crippen LogP contribution in [0, 0.1) is 5.92 Å². The van der Waals surface area contributed by atoms with Gasteiger partial charge in [0.25, 0.3) is 0 Å². The van der Waals surface area contributed by atoms with Crippen LogP contribution in [0.3, 0.4) is 0 Å². The Morgan fingerprint density at radius 2 is 2.18 bits per heavy atom. The van der Waals surface area contributed by atoms with Gasteiger partial charge in [0, 0.05) is 25.8 Å². The highest BCUT2D eigenvalue weighted by atomic mass is 15.2. The predicted molar refractivity (Wildman–Crippen MR) is 75.9 cm³/mol. The number of likely N-dealkylation sites (tertiary alicyclic amines) is 1. The van der Waals surface area contributed by atoms with Crippen molar-refractivity contribution in [2.24, 2.45) is 5.92 Å². The Kier molecular flexibility index (Phi) is 5.49. The Labute approximate surface area is 106 Å². The van der Waals surface area contributed by atoms with E-state index < -0.39 is 0 Å². The summed E-state index contributed by atoms with van der Waals surface area (Å²) in [6.45, 7) is 10.6. The van der Waals surface area contributed by atoms with Crippen molar-refractivity contribution < 1.29 is 0 Å². The number of allylic oxidation sites excluding steroid dienone is 4. The van der Waals surface area contributed by atoms with E-state index in [4.69, 9.17) is 0 Å². The van der Waals surface area contributed by atoms with Crippen LogP contribution in [0.15, 0.2) is 36.6 Å². The standard InChI is InChI=1S/C15H26N2/c1-6-7-8-14(13(2)3)11-17(5)15-9-10-16(4)12-15/h6-8,11,13,15H,1,9-10,12H2,2-5H3/b8-7-,14-11+. The minimum atomic E-state index is 0.549. The Hall–Kier alpha value is -1.02. The molecule has 1 fully saturated rings. The average Bonchev–Trinajstić information content (AvgIpc) is 2.70. The first-order valence-corrected chi connectivity index (χ1v) is 6.46.